The molecule has 0 unspecified atom stereocenters. The van der Waals surface area contributed by atoms with Gasteiger partial charge in [0.1, 0.15) is 5.76 Å². The van der Waals surface area contributed by atoms with Crippen molar-refractivity contribution in [1.82, 2.24) is 9.62 Å². The molecule has 0 bridgehead atoms. The number of rotatable bonds is 8. The van der Waals surface area contributed by atoms with E-state index in [2.05, 4.69) is 10.0 Å². The first-order valence-electron chi connectivity index (χ1n) is 10.7. The molecule has 2 aromatic carbocycles. The molecule has 1 fully saturated rings. The zero-order valence-corrected chi connectivity index (χ0v) is 18.8. The van der Waals surface area contributed by atoms with Gasteiger partial charge in [-0.05, 0) is 66.9 Å². The normalized spacial score (nSPS) is 14.3. The molecule has 2 N–H and O–H groups in total. The first-order chi connectivity index (χ1) is 15.9. The molecule has 4 rings (SSSR count). The lowest BCUT2D eigenvalue weighted by Gasteiger charge is -2.26. The Balaban J connectivity index is 1.38. The number of piperidine rings is 1. The van der Waals surface area contributed by atoms with Gasteiger partial charge in [-0.3, -0.25) is 9.59 Å². The summed E-state index contributed by atoms with van der Waals surface area (Å²) in [7, 11) is -3.74. The van der Waals surface area contributed by atoms with Crippen LogP contribution < -0.4 is 10.0 Å². The molecule has 9 heteroatoms. The van der Waals surface area contributed by atoms with Crippen LogP contribution in [0.4, 0.5) is 5.69 Å². The summed E-state index contributed by atoms with van der Waals surface area (Å²) in [5.74, 6) is 0.305. The van der Waals surface area contributed by atoms with E-state index in [1.807, 2.05) is 23.1 Å². The summed E-state index contributed by atoms with van der Waals surface area (Å²) in [4.78, 5) is 26.6. The van der Waals surface area contributed by atoms with Crippen LogP contribution in [0.1, 0.15) is 40.9 Å². The summed E-state index contributed by atoms with van der Waals surface area (Å²) >= 11 is 0. The van der Waals surface area contributed by atoms with Gasteiger partial charge in [-0.2, -0.15) is 0 Å². The van der Waals surface area contributed by atoms with Crippen LogP contribution in [-0.2, 0) is 27.9 Å². The van der Waals surface area contributed by atoms with E-state index < -0.39 is 10.0 Å². The molecule has 0 atom stereocenters. The Morgan fingerprint density at radius 3 is 2.58 bits per heavy atom. The van der Waals surface area contributed by atoms with Crippen LogP contribution in [0.5, 0.6) is 0 Å². The standard InChI is InChI=1S/C24H25N3O5S/c28-23-8-1-2-13-27(23)17-18-5-3-6-20(15-18)26-24(29)19-9-11-22(12-10-19)33(30,31)25-16-21-7-4-14-32-21/h3-7,9-12,14-15,25H,1-2,8,13,16-17H2,(H,26,29). The minimum absolute atomic E-state index is 0.0386. The lowest BCUT2D eigenvalue weighted by Crippen LogP contribution is -2.34. The smallest absolute Gasteiger partial charge is 0.255 e. The van der Waals surface area contributed by atoms with Crippen molar-refractivity contribution in [2.24, 2.45) is 0 Å². The van der Waals surface area contributed by atoms with Crippen molar-refractivity contribution < 1.29 is 22.4 Å². The largest absolute Gasteiger partial charge is 0.468 e. The fourth-order valence-electron chi connectivity index (χ4n) is 3.65. The van der Waals surface area contributed by atoms with Gasteiger partial charge >= 0.3 is 0 Å². The molecule has 1 aliphatic rings. The Morgan fingerprint density at radius 1 is 1.03 bits per heavy atom. The van der Waals surface area contributed by atoms with E-state index >= 15 is 0 Å². The highest BCUT2D eigenvalue weighted by atomic mass is 32.2. The average Bonchev–Trinajstić information content (AvgIpc) is 3.34. The molecule has 0 radical (unpaired) electrons. The number of sulfonamides is 1. The molecule has 3 aromatic rings. The molecule has 172 valence electrons. The van der Waals surface area contributed by atoms with E-state index in [-0.39, 0.29) is 23.3 Å². The average molecular weight is 468 g/mol. The Bertz CT molecular complexity index is 1220. The van der Waals surface area contributed by atoms with E-state index in [0.29, 0.717) is 30.0 Å². The van der Waals surface area contributed by atoms with Gasteiger partial charge in [0.05, 0.1) is 17.7 Å². The van der Waals surface area contributed by atoms with Crippen molar-refractivity contribution in [2.45, 2.75) is 37.2 Å². The maximum atomic E-state index is 12.7. The second-order valence-corrected chi connectivity index (χ2v) is 9.62. The summed E-state index contributed by atoms with van der Waals surface area (Å²) in [6.07, 6.45) is 4.00. The summed E-state index contributed by atoms with van der Waals surface area (Å²) in [6, 6.07) is 16.4. The summed E-state index contributed by atoms with van der Waals surface area (Å²) in [5.41, 5.74) is 1.88. The molecule has 0 spiro atoms. The Morgan fingerprint density at radius 2 is 1.85 bits per heavy atom. The van der Waals surface area contributed by atoms with Crippen molar-refractivity contribution in [3.8, 4) is 0 Å². The van der Waals surface area contributed by atoms with E-state index in [1.54, 1.807) is 18.2 Å². The van der Waals surface area contributed by atoms with Gasteiger partial charge in [-0.1, -0.05) is 12.1 Å². The lowest BCUT2D eigenvalue weighted by molar-refractivity contribution is -0.133. The topological polar surface area (TPSA) is 109 Å². The molecule has 2 amide bonds. The number of furan rings is 1. The minimum atomic E-state index is -3.74. The molecule has 0 saturated carbocycles. The Kier molecular flexibility index (Phi) is 6.90. The number of likely N-dealkylation sites (tertiary alicyclic amines) is 1. The van der Waals surface area contributed by atoms with E-state index in [4.69, 9.17) is 4.42 Å². The quantitative estimate of drug-likeness (QED) is 0.527. The molecule has 33 heavy (non-hydrogen) atoms. The van der Waals surface area contributed by atoms with Gasteiger partial charge in [0, 0.05) is 30.8 Å². The van der Waals surface area contributed by atoms with Gasteiger partial charge < -0.3 is 14.6 Å². The van der Waals surface area contributed by atoms with Gasteiger partial charge in [-0.15, -0.1) is 0 Å². The van der Waals surface area contributed by atoms with Crippen molar-refractivity contribution in [3.05, 3.63) is 83.8 Å². The van der Waals surface area contributed by atoms with Gasteiger partial charge in [0.25, 0.3) is 5.91 Å². The van der Waals surface area contributed by atoms with Crippen LogP contribution in [0.3, 0.4) is 0 Å². The second kappa shape index (κ2) is 10.0. The molecule has 1 saturated heterocycles. The number of hydrogen-bond acceptors (Lipinski definition) is 5. The second-order valence-electron chi connectivity index (χ2n) is 7.86. The molecular weight excluding hydrogens is 442 g/mol. The van der Waals surface area contributed by atoms with E-state index in [1.165, 1.54) is 30.5 Å². The zero-order chi connectivity index (χ0) is 23.3. The highest BCUT2D eigenvalue weighted by molar-refractivity contribution is 7.89. The number of nitrogens with one attached hydrogen (secondary N) is 2. The maximum absolute atomic E-state index is 12.7. The van der Waals surface area contributed by atoms with Crippen LogP contribution in [0.2, 0.25) is 0 Å². The first kappa shape index (κ1) is 22.8. The summed E-state index contributed by atoms with van der Waals surface area (Å²) in [5, 5.41) is 2.83. The number of amides is 2. The van der Waals surface area contributed by atoms with Crippen LogP contribution in [0.15, 0.2) is 76.2 Å². The first-order valence-corrected chi connectivity index (χ1v) is 12.2. The summed E-state index contributed by atoms with van der Waals surface area (Å²) in [6.45, 7) is 1.30. The lowest BCUT2D eigenvalue weighted by atomic mass is 10.1. The SMILES string of the molecule is O=C(Nc1cccc(CN2CCCCC2=O)c1)c1ccc(S(=O)(=O)NCc2ccco2)cc1. The van der Waals surface area contributed by atoms with Crippen molar-refractivity contribution in [1.29, 1.82) is 0 Å². The number of anilines is 1. The Labute approximate surface area is 192 Å². The van der Waals surface area contributed by atoms with Crippen molar-refractivity contribution in [3.63, 3.8) is 0 Å². The number of carbonyl (C=O) groups is 2. The molecule has 8 nitrogen and oxygen atoms in total. The number of benzene rings is 2. The molecule has 1 aromatic heterocycles. The monoisotopic (exact) mass is 467 g/mol. The predicted octanol–water partition coefficient (Wildman–Crippen LogP) is 3.52. The van der Waals surface area contributed by atoms with Gasteiger partial charge in [0.2, 0.25) is 15.9 Å². The molecule has 0 aliphatic carbocycles. The third-order valence-electron chi connectivity index (χ3n) is 5.42. The fourth-order valence-corrected chi connectivity index (χ4v) is 4.64. The highest BCUT2D eigenvalue weighted by Gasteiger charge is 2.18. The van der Waals surface area contributed by atoms with Gasteiger partial charge in [-0.25, -0.2) is 13.1 Å². The number of carbonyl (C=O) groups excluding carboxylic acids is 2. The molecule has 2 heterocycles. The van der Waals surface area contributed by atoms with Crippen LogP contribution in [0.25, 0.3) is 0 Å². The maximum Gasteiger partial charge on any atom is 0.255 e. The Hall–Kier alpha value is -3.43. The van der Waals surface area contributed by atoms with E-state index in [9.17, 15) is 18.0 Å². The van der Waals surface area contributed by atoms with E-state index in [0.717, 1.165) is 24.9 Å². The number of hydrogen-bond donors (Lipinski definition) is 2. The molecular formula is C24H25N3O5S. The van der Waals surface area contributed by atoms with Crippen LogP contribution >= 0.6 is 0 Å². The number of nitrogens with zero attached hydrogens (tertiary/aromatic N) is 1. The summed E-state index contributed by atoms with van der Waals surface area (Å²) < 4.78 is 32.5. The van der Waals surface area contributed by atoms with Gasteiger partial charge in [0.15, 0.2) is 0 Å². The van der Waals surface area contributed by atoms with Crippen molar-refractivity contribution >= 4 is 27.5 Å². The predicted molar refractivity (Wildman–Crippen MR) is 123 cm³/mol. The van der Waals surface area contributed by atoms with Crippen LogP contribution in [-0.4, -0.2) is 31.7 Å². The zero-order valence-electron chi connectivity index (χ0n) is 18.0. The third-order valence-corrected chi connectivity index (χ3v) is 6.84. The fraction of sp³-hybridized carbons (Fsp3) is 0.250. The molecule has 1 aliphatic heterocycles. The highest BCUT2D eigenvalue weighted by Crippen LogP contribution is 2.18. The van der Waals surface area contributed by atoms with Crippen LogP contribution in [0, 0.1) is 0 Å². The minimum Gasteiger partial charge on any atom is -0.468 e. The van der Waals surface area contributed by atoms with Crippen molar-refractivity contribution in [2.75, 3.05) is 11.9 Å². The third kappa shape index (κ3) is 5.88.